The Morgan fingerprint density at radius 2 is 1.15 bits per heavy atom. The molecule has 0 bridgehead atoms. The van der Waals surface area contributed by atoms with Gasteiger partial charge in [0, 0.05) is 61.3 Å². The quantitative estimate of drug-likeness (QED) is 0.136. The summed E-state index contributed by atoms with van der Waals surface area (Å²) < 4.78 is 7.51. The van der Waals surface area contributed by atoms with Gasteiger partial charge in [-0.1, -0.05) is 196 Å². The van der Waals surface area contributed by atoms with Crippen LogP contribution in [0.15, 0.2) is 140 Å². The van der Waals surface area contributed by atoms with Gasteiger partial charge in [0.05, 0.1) is 11.4 Å². The van der Waals surface area contributed by atoms with Crippen LogP contribution in [0.5, 0.6) is 17.4 Å². The molecule has 0 fully saturated rings. The van der Waals surface area contributed by atoms with Gasteiger partial charge in [-0.05, 0) is 78.4 Å². The number of nitrogens with zero attached hydrogens (tertiary/aromatic N) is 5. The minimum absolute atomic E-state index is 0. The fourth-order valence-electron chi connectivity index (χ4n) is 8.45. The van der Waals surface area contributed by atoms with E-state index >= 15 is 0 Å². The molecule has 0 spiro atoms. The molecular weight excluding hydrogens is 1040 g/mol. The van der Waals surface area contributed by atoms with Gasteiger partial charge < -0.3 is 9.84 Å². The first-order valence-corrected chi connectivity index (χ1v) is 23.8. The number of thiazole rings is 1. The summed E-state index contributed by atoms with van der Waals surface area (Å²) in [5.41, 5.74) is 11.7. The van der Waals surface area contributed by atoms with Crippen LogP contribution in [-0.2, 0) is 31.9 Å². The zero-order chi connectivity index (χ0) is 47.2. The fraction of sp³-hybridized carbons (Fsp3) is 0.237. The van der Waals surface area contributed by atoms with Gasteiger partial charge >= 0.3 is 0 Å². The molecule has 346 valence electrons. The van der Waals surface area contributed by atoms with E-state index in [2.05, 4.69) is 165 Å². The van der Waals surface area contributed by atoms with E-state index in [0.29, 0.717) is 45.7 Å². The molecule has 9 aromatic rings. The largest absolute Gasteiger partial charge is 0.507 e. The Kier molecular flexibility index (Phi) is 13.7. The molecule has 0 aliphatic carbocycles. The Balaban J connectivity index is 0.00000625. The second-order valence-electron chi connectivity index (χ2n) is 19.9. The number of hydrogen-bond donors (Lipinski definition) is 1. The Hall–Kier alpha value is -6.34. The molecule has 0 atom stereocenters. The predicted octanol–water partition coefficient (Wildman–Crippen LogP) is 16.0. The van der Waals surface area contributed by atoms with Gasteiger partial charge in [-0.25, -0.2) is 9.97 Å². The van der Waals surface area contributed by atoms with Gasteiger partial charge in [0.2, 0.25) is 5.88 Å². The molecule has 3 heterocycles. The van der Waals surface area contributed by atoms with Crippen LogP contribution in [-0.4, -0.2) is 30.0 Å². The van der Waals surface area contributed by atoms with Crippen molar-refractivity contribution in [3.8, 4) is 84.4 Å². The Morgan fingerprint density at radius 3 is 1.75 bits per heavy atom. The van der Waals surface area contributed by atoms with E-state index in [9.17, 15) is 5.11 Å². The zero-order valence-corrected chi connectivity index (χ0v) is 43.3. The van der Waals surface area contributed by atoms with Crippen LogP contribution < -0.4 is 4.74 Å². The number of benzene rings is 6. The first kappa shape index (κ1) is 48.1. The topological polar surface area (TPSA) is 93.9 Å². The standard InChI is InChI=1S/C59H56N5O2S.Pt/c1-35(2)44-22-17-23-45(36(3)4)51(44)56-63-54(46-31-42(58(5,6)7)32-48(52(46)65)59(8,9)10)62-55(64-56)47-33-43(34-49-53(47)67-57(61-49)40-20-15-12-16-21-40)66-50-30-41(28-29-60-50)39-26-24-38(25-27-39)37-18-13-11-14-19-37;/h11-32,34-36,65H,1-10H3;/q-1;. The summed E-state index contributed by atoms with van der Waals surface area (Å²) in [4.78, 5) is 25.9. The Labute approximate surface area is 419 Å². The van der Waals surface area contributed by atoms with E-state index in [0.717, 1.165) is 59.8 Å². The fourth-order valence-corrected chi connectivity index (χ4v) is 9.49. The number of fused-ring (bicyclic) bond motifs is 1. The van der Waals surface area contributed by atoms with Crippen LogP contribution in [0.3, 0.4) is 0 Å². The van der Waals surface area contributed by atoms with Gasteiger partial charge in [-0.2, -0.15) is 11.3 Å². The van der Waals surface area contributed by atoms with E-state index in [1.807, 2.05) is 48.5 Å². The molecule has 0 saturated carbocycles. The van der Waals surface area contributed by atoms with Crippen molar-refractivity contribution in [2.75, 3.05) is 0 Å². The molecule has 0 amide bonds. The normalized spacial score (nSPS) is 11.9. The first-order chi connectivity index (χ1) is 32.0. The maximum Gasteiger partial charge on any atom is 0.217 e. The van der Waals surface area contributed by atoms with Crippen molar-refractivity contribution in [1.29, 1.82) is 0 Å². The molecule has 3 aromatic heterocycles. The second kappa shape index (κ2) is 19.3. The second-order valence-corrected chi connectivity index (χ2v) is 20.9. The summed E-state index contributed by atoms with van der Waals surface area (Å²) in [5.74, 6) is 2.63. The molecule has 7 nitrogen and oxygen atoms in total. The van der Waals surface area contributed by atoms with Crippen LogP contribution in [0.25, 0.3) is 77.2 Å². The van der Waals surface area contributed by atoms with Gasteiger partial charge in [0.1, 0.15) is 10.8 Å². The van der Waals surface area contributed by atoms with E-state index in [1.165, 1.54) is 5.56 Å². The third-order valence-electron chi connectivity index (χ3n) is 12.2. The summed E-state index contributed by atoms with van der Waals surface area (Å²) >= 11 is 1.56. The minimum atomic E-state index is -0.368. The molecule has 0 unspecified atom stereocenters. The van der Waals surface area contributed by atoms with Gasteiger partial charge in [0.25, 0.3) is 0 Å². The number of phenolic OH excluding ortho intramolecular Hbond substituents is 1. The molecule has 0 saturated heterocycles. The number of rotatable bonds is 10. The van der Waals surface area contributed by atoms with Gasteiger partial charge in [-0.15, -0.1) is 0 Å². The first-order valence-electron chi connectivity index (χ1n) is 23.0. The number of pyridine rings is 1. The number of aromatic hydroxyl groups is 1. The molecular formula is C59H56N5O2PtS-. The van der Waals surface area contributed by atoms with Crippen molar-refractivity contribution in [2.45, 2.75) is 91.9 Å². The molecule has 9 rings (SSSR count). The minimum Gasteiger partial charge on any atom is -0.507 e. The van der Waals surface area contributed by atoms with E-state index in [4.69, 9.17) is 24.7 Å². The molecule has 1 N–H and O–H groups in total. The van der Waals surface area contributed by atoms with Crippen molar-refractivity contribution in [1.82, 2.24) is 24.9 Å². The summed E-state index contributed by atoms with van der Waals surface area (Å²) in [7, 11) is 0. The Bertz CT molecular complexity index is 3220. The van der Waals surface area contributed by atoms with Crippen LogP contribution in [0.2, 0.25) is 0 Å². The zero-order valence-electron chi connectivity index (χ0n) is 40.2. The van der Waals surface area contributed by atoms with Crippen molar-refractivity contribution < 1.29 is 30.9 Å². The van der Waals surface area contributed by atoms with Crippen molar-refractivity contribution in [2.24, 2.45) is 0 Å². The number of phenols is 1. The molecule has 9 heteroatoms. The summed E-state index contributed by atoms with van der Waals surface area (Å²) in [6, 6.07) is 49.1. The summed E-state index contributed by atoms with van der Waals surface area (Å²) in [5, 5.41) is 13.2. The molecule has 6 aromatic carbocycles. The monoisotopic (exact) mass is 1090 g/mol. The summed E-state index contributed by atoms with van der Waals surface area (Å²) in [6.45, 7) is 21.7. The van der Waals surface area contributed by atoms with Crippen molar-refractivity contribution in [3.63, 3.8) is 0 Å². The third kappa shape index (κ3) is 9.95. The van der Waals surface area contributed by atoms with Crippen molar-refractivity contribution >= 4 is 21.6 Å². The third-order valence-corrected chi connectivity index (χ3v) is 13.3. The van der Waals surface area contributed by atoms with Gasteiger partial charge in [0.15, 0.2) is 11.6 Å². The van der Waals surface area contributed by atoms with Crippen LogP contribution in [0.4, 0.5) is 0 Å². The van der Waals surface area contributed by atoms with E-state index < -0.39 is 0 Å². The van der Waals surface area contributed by atoms with Crippen LogP contribution in [0.1, 0.15) is 103 Å². The predicted molar refractivity (Wildman–Crippen MR) is 276 cm³/mol. The average molecular weight is 1090 g/mol. The smallest absolute Gasteiger partial charge is 0.217 e. The van der Waals surface area contributed by atoms with Crippen LogP contribution >= 0.6 is 11.3 Å². The maximum atomic E-state index is 12.3. The average Bonchev–Trinajstić information content (AvgIpc) is 3.75. The molecule has 0 radical (unpaired) electrons. The molecule has 0 aliphatic heterocycles. The molecule has 0 aliphatic rings. The maximum absolute atomic E-state index is 12.3. The van der Waals surface area contributed by atoms with E-state index in [1.54, 1.807) is 17.5 Å². The number of ether oxygens (including phenoxy) is 1. The number of aromatic nitrogens is 5. The SMILES string of the molecule is CC(C)c1cccc(C(C)C)c1-c1nc(-c2cc(C(C)(C)C)cc(C(C)(C)C)c2O)nc(-c2[c-]c(Oc3cc(-c4ccc(-c5ccccc5)cc4)ccn3)cc3nc(-c4ccccc4)sc23)n1.[Pt]. The summed E-state index contributed by atoms with van der Waals surface area (Å²) in [6.07, 6.45) is 1.76. The van der Waals surface area contributed by atoms with Gasteiger partial charge in [-0.3, -0.25) is 15.0 Å². The Morgan fingerprint density at radius 1 is 0.574 bits per heavy atom. The van der Waals surface area contributed by atoms with Crippen molar-refractivity contribution in [3.05, 3.63) is 168 Å². The van der Waals surface area contributed by atoms with E-state index in [-0.39, 0.29) is 49.5 Å². The van der Waals surface area contributed by atoms with Crippen LogP contribution in [0, 0.1) is 6.07 Å². The number of hydrogen-bond acceptors (Lipinski definition) is 8. The molecule has 68 heavy (non-hydrogen) atoms.